The van der Waals surface area contributed by atoms with Gasteiger partial charge in [0.25, 0.3) is 0 Å². The Morgan fingerprint density at radius 3 is 2.77 bits per heavy atom. The second kappa shape index (κ2) is 4.36. The summed E-state index contributed by atoms with van der Waals surface area (Å²) in [5.74, 6) is -0.0730. The number of aldehydes is 1. The minimum atomic E-state index is -0.525. The van der Waals surface area contributed by atoms with E-state index >= 15 is 0 Å². The standard InChI is InChI=1S/C8H5BrFIO2/c1-13-6-2-5(11)8(10)4(3-12)7(6)9/h2-3H,1H3. The lowest BCUT2D eigenvalue weighted by molar-refractivity contribution is 0.111. The number of ether oxygens (including phenoxy) is 1. The van der Waals surface area contributed by atoms with Crippen molar-refractivity contribution < 1.29 is 13.9 Å². The minimum absolute atomic E-state index is 0.0104. The van der Waals surface area contributed by atoms with Crippen molar-refractivity contribution in [1.82, 2.24) is 0 Å². The Bertz CT molecular complexity index is 354. The third-order valence-corrected chi connectivity index (χ3v) is 3.10. The topological polar surface area (TPSA) is 26.3 Å². The van der Waals surface area contributed by atoms with Crippen molar-refractivity contribution in [2.45, 2.75) is 0 Å². The van der Waals surface area contributed by atoms with Gasteiger partial charge in [-0.15, -0.1) is 0 Å². The lowest BCUT2D eigenvalue weighted by Gasteiger charge is -2.07. The van der Waals surface area contributed by atoms with Crippen LogP contribution in [0.3, 0.4) is 0 Å². The monoisotopic (exact) mass is 358 g/mol. The molecule has 0 aliphatic rings. The fourth-order valence-electron chi connectivity index (χ4n) is 0.852. The number of halogens is 3. The van der Waals surface area contributed by atoms with Gasteiger partial charge in [0.1, 0.15) is 11.6 Å². The predicted octanol–water partition coefficient (Wildman–Crippen LogP) is 3.01. The summed E-state index contributed by atoms with van der Waals surface area (Å²) in [6.45, 7) is 0. The first-order chi connectivity index (χ1) is 6.11. The third kappa shape index (κ3) is 2.01. The number of carbonyl (C=O) groups excluding carboxylic acids is 1. The van der Waals surface area contributed by atoms with Gasteiger partial charge < -0.3 is 4.74 Å². The predicted molar refractivity (Wildman–Crippen MR) is 58.8 cm³/mol. The smallest absolute Gasteiger partial charge is 0.154 e. The van der Waals surface area contributed by atoms with Gasteiger partial charge in [-0.05, 0) is 44.6 Å². The molecule has 1 aromatic carbocycles. The van der Waals surface area contributed by atoms with Crippen molar-refractivity contribution in [2.75, 3.05) is 7.11 Å². The molecular formula is C8H5BrFIO2. The molecule has 13 heavy (non-hydrogen) atoms. The highest BCUT2D eigenvalue weighted by Crippen LogP contribution is 2.32. The summed E-state index contributed by atoms with van der Waals surface area (Å²) in [4.78, 5) is 10.5. The van der Waals surface area contributed by atoms with E-state index in [1.54, 1.807) is 22.6 Å². The molecule has 0 radical (unpaired) electrons. The van der Waals surface area contributed by atoms with E-state index in [9.17, 15) is 9.18 Å². The van der Waals surface area contributed by atoms with E-state index in [4.69, 9.17) is 4.74 Å². The summed E-state index contributed by atoms with van der Waals surface area (Å²) < 4.78 is 18.9. The number of rotatable bonds is 2. The van der Waals surface area contributed by atoms with E-state index in [2.05, 4.69) is 15.9 Å². The van der Waals surface area contributed by atoms with Gasteiger partial charge in [0.15, 0.2) is 6.29 Å². The third-order valence-electron chi connectivity index (χ3n) is 1.49. The van der Waals surface area contributed by atoms with Crippen LogP contribution in [0.5, 0.6) is 5.75 Å². The van der Waals surface area contributed by atoms with Gasteiger partial charge in [0.2, 0.25) is 0 Å². The molecule has 5 heteroatoms. The summed E-state index contributed by atoms with van der Waals surface area (Å²) in [5.41, 5.74) is -0.0104. The zero-order chi connectivity index (χ0) is 10.0. The van der Waals surface area contributed by atoms with Crippen LogP contribution in [0.25, 0.3) is 0 Å². The molecule has 0 atom stereocenters. The maximum atomic E-state index is 13.3. The molecule has 0 saturated heterocycles. The molecule has 0 bridgehead atoms. The van der Waals surface area contributed by atoms with Gasteiger partial charge in [-0.25, -0.2) is 4.39 Å². The fraction of sp³-hybridized carbons (Fsp3) is 0.125. The lowest BCUT2D eigenvalue weighted by atomic mass is 10.2. The van der Waals surface area contributed by atoms with Crippen LogP contribution in [0.4, 0.5) is 4.39 Å². The molecule has 0 spiro atoms. The lowest BCUT2D eigenvalue weighted by Crippen LogP contribution is -1.96. The van der Waals surface area contributed by atoms with Gasteiger partial charge in [0.05, 0.1) is 20.7 Å². The van der Waals surface area contributed by atoms with Crippen molar-refractivity contribution in [3.05, 3.63) is 25.5 Å². The SMILES string of the molecule is COc1cc(I)c(F)c(C=O)c1Br. The Morgan fingerprint density at radius 1 is 1.69 bits per heavy atom. The van der Waals surface area contributed by atoms with Crippen molar-refractivity contribution in [3.8, 4) is 5.75 Å². The highest BCUT2D eigenvalue weighted by Gasteiger charge is 2.14. The Morgan fingerprint density at radius 2 is 2.31 bits per heavy atom. The van der Waals surface area contributed by atoms with Gasteiger partial charge in [-0.3, -0.25) is 4.79 Å². The van der Waals surface area contributed by atoms with Crippen LogP contribution in [0.15, 0.2) is 10.5 Å². The second-order valence-electron chi connectivity index (χ2n) is 2.22. The number of hydrogen-bond acceptors (Lipinski definition) is 2. The number of carbonyl (C=O) groups is 1. The van der Waals surface area contributed by atoms with E-state index in [0.717, 1.165) is 0 Å². The van der Waals surface area contributed by atoms with Crippen LogP contribution < -0.4 is 4.74 Å². The van der Waals surface area contributed by atoms with E-state index in [1.165, 1.54) is 13.2 Å². The average Bonchev–Trinajstić information content (AvgIpc) is 2.12. The molecule has 0 N–H and O–H groups in total. The van der Waals surface area contributed by atoms with Crippen LogP contribution in [-0.2, 0) is 0 Å². The number of methoxy groups -OCH3 is 1. The highest BCUT2D eigenvalue weighted by atomic mass is 127. The summed E-state index contributed by atoms with van der Waals surface area (Å²) in [7, 11) is 1.46. The molecule has 0 unspecified atom stereocenters. The van der Waals surface area contributed by atoms with Gasteiger partial charge >= 0.3 is 0 Å². The molecule has 1 rings (SSSR count). The summed E-state index contributed by atoms with van der Waals surface area (Å²) >= 11 is 4.89. The molecule has 0 amide bonds. The molecule has 0 heterocycles. The van der Waals surface area contributed by atoms with Crippen LogP contribution in [0.1, 0.15) is 10.4 Å². The summed E-state index contributed by atoms with van der Waals surface area (Å²) in [5, 5.41) is 0. The Labute approximate surface area is 96.7 Å². The summed E-state index contributed by atoms with van der Waals surface area (Å²) in [6, 6.07) is 1.52. The largest absolute Gasteiger partial charge is 0.496 e. The van der Waals surface area contributed by atoms with E-state index < -0.39 is 5.82 Å². The van der Waals surface area contributed by atoms with Crippen molar-refractivity contribution in [3.63, 3.8) is 0 Å². The molecular weight excluding hydrogens is 354 g/mol. The van der Waals surface area contributed by atoms with Crippen molar-refractivity contribution in [1.29, 1.82) is 0 Å². The molecule has 2 nitrogen and oxygen atoms in total. The summed E-state index contributed by atoms with van der Waals surface area (Å²) in [6.07, 6.45) is 0.462. The quantitative estimate of drug-likeness (QED) is 0.461. The second-order valence-corrected chi connectivity index (χ2v) is 4.18. The molecule has 0 saturated carbocycles. The first-order valence-corrected chi connectivity index (χ1v) is 5.15. The minimum Gasteiger partial charge on any atom is -0.496 e. The molecule has 0 aromatic heterocycles. The highest BCUT2D eigenvalue weighted by molar-refractivity contribution is 14.1. The van der Waals surface area contributed by atoms with Gasteiger partial charge in [0, 0.05) is 0 Å². The normalized spacial score (nSPS) is 9.85. The van der Waals surface area contributed by atoms with Crippen LogP contribution in [0, 0.1) is 9.39 Å². The van der Waals surface area contributed by atoms with Gasteiger partial charge in [-0.2, -0.15) is 0 Å². The molecule has 1 aromatic rings. The zero-order valence-electron chi connectivity index (χ0n) is 6.61. The van der Waals surface area contributed by atoms with E-state index in [-0.39, 0.29) is 5.56 Å². The van der Waals surface area contributed by atoms with Crippen LogP contribution in [-0.4, -0.2) is 13.4 Å². The van der Waals surface area contributed by atoms with Crippen LogP contribution in [0.2, 0.25) is 0 Å². The van der Waals surface area contributed by atoms with E-state index in [1.807, 2.05) is 0 Å². The number of benzene rings is 1. The van der Waals surface area contributed by atoms with E-state index in [0.29, 0.717) is 20.1 Å². The first kappa shape index (κ1) is 10.9. The zero-order valence-corrected chi connectivity index (χ0v) is 10.3. The first-order valence-electron chi connectivity index (χ1n) is 3.28. The Kier molecular flexibility index (Phi) is 3.66. The molecule has 70 valence electrons. The maximum Gasteiger partial charge on any atom is 0.154 e. The molecule has 0 fully saturated rings. The average molecular weight is 359 g/mol. The maximum absolute atomic E-state index is 13.3. The Hall–Kier alpha value is -0.170. The van der Waals surface area contributed by atoms with Gasteiger partial charge in [-0.1, -0.05) is 0 Å². The van der Waals surface area contributed by atoms with Crippen LogP contribution >= 0.6 is 38.5 Å². The molecule has 0 aliphatic carbocycles. The fourth-order valence-corrected chi connectivity index (χ4v) is 1.97. The molecule has 0 aliphatic heterocycles. The van der Waals surface area contributed by atoms with Crippen molar-refractivity contribution >= 4 is 44.8 Å². The van der Waals surface area contributed by atoms with Crippen molar-refractivity contribution in [2.24, 2.45) is 0 Å². The Balaban J connectivity index is 3.47. The number of hydrogen-bond donors (Lipinski definition) is 0.